The van der Waals surface area contributed by atoms with E-state index in [1.54, 1.807) is 6.92 Å². The van der Waals surface area contributed by atoms with Gasteiger partial charge in [0.2, 0.25) is 5.91 Å². The van der Waals surface area contributed by atoms with Crippen LogP contribution in [0, 0.1) is 0 Å². The monoisotopic (exact) mass is 280 g/mol. The number of carbonyl (C=O) groups is 1. The van der Waals surface area contributed by atoms with Crippen molar-refractivity contribution in [3.8, 4) is 0 Å². The van der Waals surface area contributed by atoms with Crippen LogP contribution < -0.4 is 0 Å². The highest BCUT2D eigenvalue weighted by molar-refractivity contribution is 5.74. The largest absolute Gasteiger partial charge is 0.377 e. The Balaban J connectivity index is 1.61. The highest BCUT2D eigenvalue weighted by Gasteiger charge is 2.39. The molecule has 3 atom stereocenters. The minimum Gasteiger partial charge on any atom is -0.377 e. The molecular weight excluding hydrogens is 252 g/mol. The van der Waals surface area contributed by atoms with Crippen molar-refractivity contribution in [2.45, 2.75) is 70.1 Å². The van der Waals surface area contributed by atoms with Crippen LogP contribution in [0.1, 0.15) is 51.9 Å². The van der Waals surface area contributed by atoms with Crippen molar-refractivity contribution in [3.63, 3.8) is 0 Å². The van der Waals surface area contributed by atoms with Crippen molar-refractivity contribution in [1.82, 2.24) is 9.80 Å². The summed E-state index contributed by atoms with van der Waals surface area (Å²) in [6.07, 6.45) is 9.06. The average Bonchev–Trinajstić information content (AvgIpc) is 3.07. The van der Waals surface area contributed by atoms with Gasteiger partial charge in [-0.3, -0.25) is 9.69 Å². The van der Waals surface area contributed by atoms with Crippen molar-refractivity contribution in [1.29, 1.82) is 0 Å². The Bertz CT molecular complexity index is 341. The molecule has 0 spiro atoms. The molecule has 114 valence electrons. The first-order valence-electron chi connectivity index (χ1n) is 8.38. The van der Waals surface area contributed by atoms with E-state index in [9.17, 15) is 4.79 Å². The van der Waals surface area contributed by atoms with Gasteiger partial charge in [0.1, 0.15) is 0 Å². The van der Waals surface area contributed by atoms with Crippen LogP contribution in [0.2, 0.25) is 0 Å². The summed E-state index contributed by atoms with van der Waals surface area (Å²) in [6.45, 7) is 5.89. The second-order valence-electron chi connectivity index (χ2n) is 6.62. The predicted octanol–water partition coefficient (Wildman–Crippen LogP) is 2.03. The molecule has 0 aromatic heterocycles. The number of hydrogen-bond acceptors (Lipinski definition) is 3. The number of ether oxygens (including phenoxy) is 1. The smallest absolute Gasteiger partial charge is 0.219 e. The lowest BCUT2D eigenvalue weighted by atomic mass is 10.0. The summed E-state index contributed by atoms with van der Waals surface area (Å²) in [6, 6.07) is 1.03. The molecule has 0 bridgehead atoms. The molecule has 3 fully saturated rings. The molecule has 3 saturated heterocycles. The molecule has 3 rings (SSSR count). The van der Waals surface area contributed by atoms with Crippen LogP contribution in [0.4, 0.5) is 0 Å². The van der Waals surface area contributed by atoms with Gasteiger partial charge >= 0.3 is 0 Å². The molecule has 3 heterocycles. The van der Waals surface area contributed by atoms with E-state index in [1.807, 2.05) is 0 Å². The zero-order valence-electron chi connectivity index (χ0n) is 12.7. The summed E-state index contributed by atoms with van der Waals surface area (Å²) < 4.78 is 5.90. The summed E-state index contributed by atoms with van der Waals surface area (Å²) in [7, 11) is 0. The topological polar surface area (TPSA) is 32.8 Å². The number of hydrogen-bond donors (Lipinski definition) is 0. The fourth-order valence-electron chi connectivity index (χ4n) is 4.31. The van der Waals surface area contributed by atoms with Crippen LogP contribution in [0.3, 0.4) is 0 Å². The Labute approximate surface area is 122 Å². The van der Waals surface area contributed by atoms with Gasteiger partial charge in [0, 0.05) is 38.7 Å². The molecule has 0 aromatic carbocycles. The van der Waals surface area contributed by atoms with Crippen LogP contribution in [0.15, 0.2) is 0 Å². The lowest BCUT2D eigenvalue weighted by molar-refractivity contribution is -0.130. The molecule has 1 amide bonds. The Morgan fingerprint density at radius 2 is 1.85 bits per heavy atom. The first kappa shape index (κ1) is 14.3. The zero-order chi connectivity index (χ0) is 13.9. The molecule has 0 radical (unpaired) electrons. The van der Waals surface area contributed by atoms with E-state index in [-0.39, 0.29) is 5.91 Å². The van der Waals surface area contributed by atoms with Gasteiger partial charge in [-0.1, -0.05) is 0 Å². The average molecular weight is 280 g/mol. The number of carbonyl (C=O) groups excluding carboxylic acids is 1. The summed E-state index contributed by atoms with van der Waals surface area (Å²) >= 11 is 0. The molecule has 3 aliphatic rings. The third-order valence-corrected chi connectivity index (χ3v) is 5.27. The number of nitrogens with zero attached hydrogens (tertiary/aromatic N) is 2. The standard InChI is InChI=1S/C16H28N2O2/c1-13(19)18-10-5-8-16(18)15-7-4-9-17(15)12-14-6-2-3-11-20-14/h14-16H,2-12H2,1H3/t14-,15+,16-/m1/s1. The van der Waals surface area contributed by atoms with Crippen molar-refractivity contribution < 1.29 is 9.53 Å². The predicted molar refractivity (Wildman–Crippen MR) is 78.6 cm³/mol. The maximum Gasteiger partial charge on any atom is 0.219 e. The Hall–Kier alpha value is -0.610. The van der Waals surface area contributed by atoms with Gasteiger partial charge in [0.15, 0.2) is 0 Å². The van der Waals surface area contributed by atoms with Crippen molar-refractivity contribution in [2.75, 3.05) is 26.2 Å². The van der Waals surface area contributed by atoms with E-state index in [0.29, 0.717) is 18.2 Å². The Morgan fingerprint density at radius 1 is 1.05 bits per heavy atom. The van der Waals surface area contributed by atoms with Crippen LogP contribution in [0.25, 0.3) is 0 Å². The van der Waals surface area contributed by atoms with E-state index in [1.165, 1.54) is 51.5 Å². The quantitative estimate of drug-likeness (QED) is 0.793. The van der Waals surface area contributed by atoms with Gasteiger partial charge in [-0.2, -0.15) is 0 Å². The zero-order valence-corrected chi connectivity index (χ0v) is 12.7. The molecule has 20 heavy (non-hydrogen) atoms. The number of rotatable bonds is 3. The molecule has 4 nitrogen and oxygen atoms in total. The van der Waals surface area contributed by atoms with Gasteiger partial charge in [-0.15, -0.1) is 0 Å². The minimum atomic E-state index is 0.258. The molecule has 4 heteroatoms. The Kier molecular flexibility index (Phi) is 4.61. The summed E-state index contributed by atoms with van der Waals surface area (Å²) in [5.74, 6) is 0.258. The molecule has 0 aromatic rings. The van der Waals surface area contributed by atoms with Crippen molar-refractivity contribution in [3.05, 3.63) is 0 Å². The highest BCUT2D eigenvalue weighted by Crippen LogP contribution is 2.31. The van der Waals surface area contributed by atoms with E-state index < -0.39 is 0 Å². The normalized spacial score (nSPS) is 35.6. The maximum absolute atomic E-state index is 11.8. The minimum absolute atomic E-state index is 0.258. The number of amides is 1. The first-order chi connectivity index (χ1) is 9.75. The molecular formula is C16H28N2O2. The number of likely N-dealkylation sites (tertiary alicyclic amines) is 2. The molecule has 0 saturated carbocycles. The van der Waals surface area contributed by atoms with Crippen LogP contribution in [-0.4, -0.2) is 60.1 Å². The first-order valence-corrected chi connectivity index (χ1v) is 8.38. The summed E-state index contributed by atoms with van der Waals surface area (Å²) in [4.78, 5) is 16.5. The third kappa shape index (κ3) is 3.01. The van der Waals surface area contributed by atoms with Crippen LogP contribution in [-0.2, 0) is 9.53 Å². The maximum atomic E-state index is 11.8. The SMILES string of the molecule is CC(=O)N1CCC[C@@H]1[C@@H]1CCCN1C[C@H]1CCCCO1. The van der Waals surface area contributed by atoms with Gasteiger partial charge in [0.05, 0.1) is 6.10 Å². The second-order valence-corrected chi connectivity index (χ2v) is 6.62. The molecule has 0 N–H and O–H groups in total. The van der Waals surface area contributed by atoms with Crippen molar-refractivity contribution in [2.24, 2.45) is 0 Å². The fourth-order valence-corrected chi connectivity index (χ4v) is 4.31. The van der Waals surface area contributed by atoms with Crippen molar-refractivity contribution >= 4 is 5.91 Å². The van der Waals surface area contributed by atoms with Gasteiger partial charge in [0.25, 0.3) is 0 Å². The molecule has 0 aliphatic carbocycles. The van der Waals surface area contributed by atoms with Crippen LogP contribution >= 0.6 is 0 Å². The van der Waals surface area contributed by atoms with E-state index in [2.05, 4.69) is 9.80 Å². The van der Waals surface area contributed by atoms with Gasteiger partial charge in [-0.05, 0) is 51.5 Å². The fraction of sp³-hybridized carbons (Fsp3) is 0.938. The van der Waals surface area contributed by atoms with Gasteiger partial charge in [-0.25, -0.2) is 0 Å². The lowest BCUT2D eigenvalue weighted by Gasteiger charge is -2.37. The van der Waals surface area contributed by atoms with E-state index >= 15 is 0 Å². The second kappa shape index (κ2) is 6.44. The van der Waals surface area contributed by atoms with Crippen LogP contribution in [0.5, 0.6) is 0 Å². The summed E-state index contributed by atoms with van der Waals surface area (Å²) in [5, 5.41) is 0. The summed E-state index contributed by atoms with van der Waals surface area (Å²) in [5.41, 5.74) is 0. The van der Waals surface area contributed by atoms with Gasteiger partial charge < -0.3 is 9.64 Å². The Morgan fingerprint density at radius 3 is 2.60 bits per heavy atom. The lowest BCUT2D eigenvalue weighted by Crippen LogP contribution is -2.49. The molecule has 3 aliphatic heterocycles. The van der Waals surface area contributed by atoms with E-state index in [0.717, 1.165) is 19.7 Å². The molecule has 0 unspecified atom stereocenters. The highest BCUT2D eigenvalue weighted by atomic mass is 16.5. The third-order valence-electron chi connectivity index (χ3n) is 5.27. The van der Waals surface area contributed by atoms with E-state index in [4.69, 9.17) is 4.74 Å².